The molecule has 4 rings (SSSR count). The molecule has 27 heavy (non-hydrogen) atoms. The third kappa shape index (κ3) is 4.68. The smallest absolute Gasteiger partial charge is 0.315 e. The first-order chi connectivity index (χ1) is 13.3. The van der Waals surface area contributed by atoms with Crippen molar-refractivity contribution in [1.29, 1.82) is 0 Å². The number of benzene rings is 2. The van der Waals surface area contributed by atoms with E-state index in [-0.39, 0.29) is 12.1 Å². The molecule has 140 valence electrons. The number of H-pyrrole nitrogens is 1. The molecule has 1 aromatic heterocycles. The first-order valence-corrected chi connectivity index (χ1v) is 9.63. The maximum Gasteiger partial charge on any atom is 0.315 e. The lowest BCUT2D eigenvalue weighted by molar-refractivity contribution is 0.186. The molecule has 0 unspecified atom stereocenters. The van der Waals surface area contributed by atoms with Crippen molar-refractivity contribution in [3.05, 3.63) is 71.9 Å². The second-order valence-corrected chi connectivity index (χ2v) is 7.24. The van der Waals surface area contributed by atoms with Crippen LogP contribution in [0, 0.1) is 0 Å². The Morgan fingerprint density at radius 1 is 1.04 bits per heavy atom. The van der Waals surface area contributed by atoms with Crippen molar-refractivity contribution < 1.29 is 4.79 Å². The molecule has 0 radical (unpaired) electrons. The molecule has 0 bridgehead atoms. The van der Waals surface area contributed by atoms with Crippen LogP contribution in [0.15, 0.2) is 60.7 Å². The largest absolute Gasteiger partial charge is 0.357 e. The van der Waals surface area contributed by atoms with Gasteiger partial charge in [-0.25, -0.2) is 4.79 Å². The summed E-state index contributed by atoms with van der Waals surface area (Å²) in [5.74, 6) is 0. The second-order valence-electron chi connectivity index (χ2n) is 7.24. The summed E-state index contributed by atoms with van der Waals surface area (Å²) in [6.07, 6.45) is 1.99. The predicted octanol–water partition coefficient (Wildman–Crippen LogP) is 3.63. The predicted molar refractivity (Wildman–Crippen MR) is 108 cm³/mol. The van der Waals surface area contributed by atoms with E-state index >= 15 is 0 Å². The van der Waals surface area contributed by atoms with Gasteiger partial charge < -0.3 is 15.6 Å². The van der Waals surface area contributed by atoms with Crippen LogP contribution in [0.25, 0.3) is 10.9 Å². The summed E-state index contributed by atoms with van der Waals surface area (Å²) in [7, 11) is 0. The van der Waals surface area contributed by atoms with E-state index in [9.17, 15) is 4.79 Å². The standard InChI is InChI=1S/C22H26N4O/c27-22(23-15-20-14-18-8-4-5-9-21(18)24-20)25-19-10-12-26(13-11-19)16-17-6-2-1-3-7-17/h1-9,14,19,24H,10-13,15-16H2,(H2,23,25,27). The van der Waals surface area contributed by atoms with Gasteiger partial charge in [-0.2, -0.15) is 0 Å². The number of rotatable bonds is 5. The number of carbonyl (C=O) groups excluding carboxylic acids is 1. The van der Waals surface area contributed by atoms with Crippen LogP contribution in [-0.4, -0.2) is 35.0 Å². The van der Waals surface area contributed by atoms with Gasteiger partial charge in [0.2, 0.25) is 0 Å². The summed E-state index contributed by atoms with van der Waals surface area (Å²) in [5, 5.41) is 7.25. The van der Waals surface area contributed by atoms with Gasteiger partial charge in [-0.3, -0.25) is 4.90 Å². The number of nitrogens with zero attached hydrogens (tertiary/aromatic N) is 1. The van der Waals surface area contributed by atoms with E-state index in [1.165, 1.54) is 10.9 Å². The number of amides is 2. The highest BCUT2D eigenvalue weighted by molar-refractivity contribution is 5.80. The van der Waals surface area contributed by atoms with Gasteiger partial charge in [0.05, 0.1) is 6.54 Å². The maximum atomic E-state index is 12.2. The lowest BCUT2D eigenvalue weighted by atomic mass is 10.0. The van der Waals surface area contributed by atoms with Gasteiger partial charge in [-0.05, 0) is 35.9 Å². The summed E-state index contributed by atoms with van der Waals surface area (Å²) < 4.78 is 0. The van der Waals surface area contributed by atoms with Crippen LogP contribution in [-0.2, 0) is 13.1 Å². The maximum absolute atomic E-state index is 12.2. The minimum atomic E-state index is -0.0878. The van der Waals surface area contributed by atoms with Gasteiger partial charge in [-0.15, -0.1) is 0 Å². The molecular weight excluding hydrogens is 336 g/mol. The molecular formula is C22H26N4O. The molecule has 5 heteroatoms. The van der Waals surface area contributed by atoms with Crippen LogP contribution in [0.5, 0.6) is 0 Å². The number of aromatic nitrogens is 1. The summed E-state index contributed by atoms with van der Waals surface area (Å²) in [6, 6.07) is 20.9. The molecule has 2 heterocycles. The summed E-state index contributed by atoms with van der Waals surface area (Å²) in [6.45, 7) is 3.53. The zero-order chi connectivity index (χ0) is 18.5. The summed E-state index contributed by atoms with van der Waals surface area (Å²) in [5.41, 5.74) is 3.46. The highest BCUT2D eigenvalue weighted by Crippen LogP contribution is 2.15. The van der Waals surface area contributed by atoms with Gasteiger partial charge >= 0.3 is 6.03 Å². The van der Waals surface area contributed by atoms with E-state index in [2.05, 4.69) is 56.9 Å². The fourth-order valence-electron chi connectivity index (χ4n) is 3.72. The summed E-state index contributed by atoms with van der Waals surface area (Å²) >= 11 is 0. The number of likely N-dealkylation sites (tertiary alicyclic amines) is 1. The van der Waals surface area contributed by atoms with Crippen LogP contribution in [0.1, 0.15) is 24.1 Å². The SMILES string of the molecule is O=C(NCc1cc2ccccc2[nH]1)NC1CCN(Cc2ccccc2)CC1. The Labute approximate surface area is 159 Å². The van der Waals surface area contributed by atoms with E-state index in [4.69, 9.17) is 0 Å². The minimum Gasteiger partial charge on any atom is -0.357 e. The third-order valence-electron chi connectivity index (χ3n) is 5.20. The molecule has 1 fully saturated rings. The highest BCUT2D eigenvalue weighted by atomic mass is 16.2. The lowest BCUT2D eigenvalue weighted by Gasteiger charge is -2.32. The monoisotopic (exact) mass is 362 g/mol. The molecule has 1 aliphatic rings. The molecule has 0 saturated carbocycles. The summed E-state index contributed by atoms with van der Waals surface area (Å²) in [4.78, 5) is 18.0. The fraction of sp³-hybridized carbons (Fsp3) is 0.318. The minimum absolute atomic E-state index is 0.0878. The van der Waals surface area contributed by atoms with Gasteiger partial charge in [0, 0.05) is 36.9 Å². The van der Waals surface area contributed by atoms with Crippen LogP contribution < -0.4 is 10.6 Å². The Morgan fingerprint density at radius 2 is 1.78 bits per heavy atom. The van der Waals surface area contributed by atoms with Crippen LogP contribution in [0.4, 0.5) is 4.79 Å². The molecule has 3 aromatic rings. The average molecular weight is 362 g/mol. The van der Waals surface area contributed by atoms with E-state index in [0.29, 0.717) is 6.54 Å². The van der Waals surface area contributed by atoms with Crippen molar-refractivity contribution in [1.82, 2.24) is 20.5 Å². The number of urea groups is 1. The van der Waals surface area contributed by atoms with E-state index < -0.39 is 0 Å². The molecule has 0 aliphatic carbocycles. The molecule has 0 atom stereocenters. The number of fused-ring (bicyclic) bond motifs is 1. The Bertz CT molecular complexity index is 848. The Morgan fingerprint density at radius 3 is 2.56 bits per heavy atom. The van der Waals surface area contributed by atoms with Crippen molar-refractivity contribution in [2.45, 2.75) is 32.0 Å². The van der Waals surface area contributed by atoms with Gasteiger partial charge in [0.15, 0.2) is 0 Å². The van der Waals surface area contributed by atoms with Gasteiger partial charge in [-0.1, -0.05) is 48.5 Å². The molecule has 5 nitrogen and oxygen atoms in total. The lowest BCUT2D eigenvalue weighted by Crippen LogP contribution is -2.47. The van der Waals surface area contributed by atoms with E-state index in [1.807, 2.05) is 24.3 Å². The molecule has 2 aromatic carbocycles. The number of hydrogen-bond acceptors (Lipinski definition) is 2. The third-order valence-corrected chi connectivity index (χ3v) is 5.20. The van der Waals surface area contributed by atoms with Crippen molar-refractivity contribution in [2.75, 3.05) is 13.1 Å². The molecule has 1 aliphatic heterocycles. The zero-order valence-corrected chi connectivity index (χ0v) is 15.4. The fourth-order valence-corrected chi connectivity index (χ4v) is 3.72. The van der Waals surface area contributed by atoms with Gasteiger partial charge in [0.1, 0.15) is 0 Å². The number of nitrogens with one attached hydrogen (secondary N) is 3. The number of hydrogen-bond donors (Lipinski definition) is 3. The number of aromatic amines is 1. The Balaban J connectivity index is 1.20. The molecule has 0 spiro atoms. The Hall–Kier alpha value is -2.79. The topological polar surface area (TPSA) is 60.2 Å². The first-order valence-electron chi connectivity index (χ1n) is 9.63. The van der Waals surface area contributed by atoms with Crippen molar-refractivity contribution in [3.8, 4) is 0 Å². The number of carbonyl (C=O) groups is 1. The molecule has 2 amide bonds. The Kier molecular flexibility index (Phi) is 5.39. The number of para-hydroxylation sites is 1. The van der Waals surface area contributed by atoms with Crippen molar-refractivity contribution in [3.63, 3.8) is 0 Å². The first kappa shape index (κ1) is 17.6. The molecule has 1 saturated heterocycles. The normalized spacial score (nSPS) is 15.7. The van der Waals surface area contributed by atoms with Crippen LogP contribution in [0.3, 0.4) is 0 Å². The van der Waals surface area contributed by atoms with E-state index in [0.717, 1.165) is 43.7 Å². The van der Waals surface area contributed by atoms with Crippen LogP contribution in [0.2, 0.25) is 0 Å². The second kappa shape index (κ2) is 8.27. The average Bonchev–Trinajstić information content (AvgIpc) is 3.12. The van der Waals surface area contributed by atoms with Gasteiger partial charge in [0.25, 0.3) is 0 Å². The quantitative estimate of drug-likeness (QED) is 0.649. The zero-order valence-electron chi connectivity index (χ0n) is 15.4. The highest BCUT2D eigenvalue weighted by Gasteiger charge is 2.20. The van der Waals surface area contributed by atoms with E-state index in [1.54, 1.807) is 0 Å². The van der Waals surface area contributed by atoms with Crippen molar-refractivity contribution >= 4 is 16.9 Å². The van der Waals surface area contributed by atoms with Crippen molar-refractivity contribution in [2.24, 2.45) is 0 Å². The molecule has 3 N–H and O–H groups in total. The number of piperidine rings is 1. The van der Waals surface area contributed by atoms with Crippen LogP contribution >= 0.6 is 0 Å².